The minimum Gasteiger partial charge on any atom is -0.478 e. The van der Waals surface area contributed by atoms with E-state index in [0.29, 0.717) is 13.0 Å². The first-order valence-corrected chi connectivity index (χ1v) is 4.48. The summed E-state index contributed by atoms with van der Waals surface area (Å²) in [5, 5.41) is 8.73. The van der Waals surface area contributed by atoms with E-state index < -0.39 is 5.97 Å². The average molecular weight is 205 g/mol. The van der Waals surface area contributed by atoms with Gasteiger partial charge in [-0.3, -0.25) is 4.79 Å². The van der Waals surface area contributed by atoms with Gasteiger partial charge in [0.1, 0.15) is 0 Å². The summed E-state index contributed by atoms with van der Waals surface area (Å²) in [7, 11) is 0. The Morgan fingerprint density at radius 1 is 1.53 bits per heavy atom. The first-order valence-electron chi connectivity index (χ1n) is 4.48. The molecule has 1 aromatic rings. The van der Waals surface area contributed by atoms with Gasteiger partial charge in [0.05, 0.1) is 5.56 Å². The summed E-state index contributed by atoms with van der Waals surface area (Å²) in [6.45, 7) is 2.14. The lowest BCUT2D eigenvalue weighted by Gasteiger charge is -2.03. The first kappa shape index (κ1) is 11.1. The number of carboxylic acid groups (broad SMARTS) is 1. The highest BCUT2D eigenvalue weighted by molar-refractivity contribution is 5.87. The Morgan fingerprint density at radius 2 is 2.27 bits per heavy atom. The predicted octanol–water partition coefficient (Wildman–Crippen LogP) is 0.960. The van der Waals surface area contributed by atoms with E-state index >= 15 is 0 Å². The molecule has 1 N–H and O–H groups in total. The lowest BCUT2D eigenvalue weighted by molar-refractivity contribution is 0.0696. The molecular weight excluding hydrogens is 194 g/mol. The van der Waals surface area contributed by atoms with Gasteiger partial charge in [-0.05, 0) is 13.0 Å². The van der Waals surface area contributed by atoms with Crippen molar-refractivity contribution in [2.24, 2.45) is 0 Å². The molecule has 78 valence electrons. The number of aryl methyl sites for hydroxylation is 1. The van der Waals surface area contributed by atoms with E-state index in [-0.39, 0.29) is 11.1 Å². The van der Waals surface area contributed by atoms with E-state index in [1.807, 2.05) is 0 Å². The number of aromatic carboxylic acids is 1. The number of carboxylic acids is 1. The second-order valence-electron chi connectivity index (χ2n) is 2.93. The lowest BCUT2D eigenvalue weighted by atomic mass is 10.3. The van der Waals surface area contributed by atoms with Crippen molar-refractivity contribution in [3.8, 4) is 11.8 Å². The van der Waals surface area contributed by atoms with Crippen LogP contribution >= 0.6 is 0 Å². The van der Waals surface area contributed by atoms with E-state index in [2.05, 4.69) is 11.8 Å². The Bertz CT molecular complexity index is 477. The molecule has 0 aliphatic rings. The second kappa shape index (κ2) is 5.01. The highest BCUT2D eigenvalue weighted by Gasteiger charge is 2.04. The zero-order chi connectivity index (χ0) is 11.3. The van der Waals surface area contributed by atoms with Crippen LogP contribution in [-0.4, -0.2) is 15.6 Å². The normalized spacial score (nSPS) is 9.13. The highest BCUT2D eigenvalue weighted by atomic mass is 16.4. The van der Waals surface area contributed by atoms with Gasteiger partial charge in [0, 0.05) is 25.2 Å². The number of rotatable bonds is 3. The van der Waals surface area contributed by atoms with Gasteiger partial charge in [-0.2, -0.15) is 0 Å². The Kier molecular flexibility index (Phi) is 3.69. The summed E-state index contributed by atoms with van der Waals surface area (Å²) in [4.78, 5) is 22.0. The molecule has 1 rings (SSSR count). The fourth-order valence-corrected chi connectivity index (χ4v) is 1.13. The minimum atomic E-state index is -1.04. The van der Waals surface area contributed by atoms with Crippen LogP contribution < -0.4 is 5.56 Å². The van der Waals surface area contributed by atoms with Crippen LogP contribution in [0.3, 0.4) is 0 Å². The van der Waals surface area contributed by atoms with Crippen LogP contribution in [0.2, 0.25) is 0 Å². The molecule has 0 aromatic carbocycles. The number of hydrogen-bond donors (Lipinski definition) is 1. The number of nitrogens with zero attached hydrogens (tertiary/aromatic N) is 1. The van der Waals surface area contributed by atoms with E-state index in [1.54, 1.807) is 6.92 Å². The monoisotopic (exact) mass is 205 g/mol. The molecule has 0 saturated carbocycles. The number of hydrogen-bond acceptors (Lipinski definition) is 2. The molecule has 1 heterocycles. The van der Waals surface area contributed by atoms with Gasteiger partial charge in [0.2, 0.25) is 0 Å². The summed E-state index contributed by atoms with van der Waals surface area (Å²) >= 11 is 0. The molecular formula is C11H11NO3. The molecule has 1 aromatic heterocycles. The van der Waals surface area contributed by atoms with Crippen LogP contribution in [0.1, 0.15) is 23.7 Å². The molecule has 0 fully saturated rings. The third-order valence-electron chi connectivity index (χ3n) is 1.88. The van der Waals surface area contributed by atoms with Crippen molar-refractivity contribution in [3.05, 3.63) is 34.2 Å². The first-order chi connectivity index (χ1) is 7.15. The Hall–Kier alpha value is -2.02. The van der Waals surface area contributed by atoms with E-state index in [0.717, 1.165) is 0 Å². The summed E-state index contributed by atoms with van der Waals surface area (Å²) in [5.41, 5.74) is -0.100. The summed E-state index contributed by atoms with van der Waals surface area (Å²) in [6, 6.07) is 2.55. The number of aromatic nitrogens is 1. The van der Waals surface area contributed by atoms with Crippen molar-refractivity contribution >= 4 is 5.97 Å². The largest absolute Gasteiger partial charge is 0.478 e. The van der Waals surface area contributed by atoms with Crippen LogP contribution in [0.25, 0.3) is 0 Å². The van der Waals surface area contributed by atoms with Crippen LogP contribution in [-0.2, 0) is 6.54 Å². The van der Waals surface area contributed by atoms with Gasteiger partial charge in [0.15, 0.2) is 0 Å². The summed E-state index contributed by atoms with van der Waals surface area (Å²) < 4.78 is 1.35. The lowest BCUT2D eigenvalue weighted by Crippen LogP contribution is -2.20. The van der Waals surface area contributed by atoms with Gasteiger partial charge >= 0.3 is 5.97 Å². The standard InChI is InChI=1S/C11H11NO3/c1-2-3-4-7-12-8-9(11(14)15)5-6-10(12)13/h5-6,8H,4,7H2,1H3,(H,14,15). The van der Waals surface area contributed by atoms with E-state index in [4.69, 9.17) is 5.11 Å². The Labute approximate surface area is 87.2 Å². The predicted molar refractivity (Wildman–Crippen MR) is 55.7 cm³/mol. The van der Waals surface area contributed by atoms with Crippen molar-refractivity contribution in [1.29, 1.82) is 0 Å². The molecule has 0 radical (unpaired) electrons. The van der Waals surface area contributed by atoms with Crippen LogP contribution in [0, 0.1) is 11.8 Å². The SMILES string of the molecule is CC#CCCn1cc(C(=O)O)ccc1=O. The van der Waals surface area contributed by atoms with Gasteiger partial charge in [-0.25, -0.2) is 4.79 Å². The van der Waals surface area contributed by atoms with Gasteiger partial charge < -0.3 is 9.67 Å². The fourth-order valence-electron chi connectivity index (χ4n) is 1.13. The van der Waals surface area contributed by atoms with Crippen molar-refractivity contribution in [1.82, 2.24) is 4.57 Å². The smallest absolute Gasteiger partial charge is 0.337 e. The van der Waals surface area contributed by atoms with Crippen molar-refractivity contribution in [2.45, 2.75) is 19.9 Å². The molecule has 0 saturated heterocycles. The van der Waals surface area contributed by atoms with Gasteiger partial charge in [-0.15, -0.1) is 11.8 Å². The van der Waals surface area contributed by atoms with Gasteiger partial charge in [0.25, 0.3) is 5.56 Å². The molecule has 15 heavy (non-hydrogen) atoms. The van der Waals surface area contributed by atoms with Gasteiger partial charge in [-0.1, -0.05) is 0 Å². The minimum absolute atomic E-state index is 0.110. The molecule has 0 amide bonds. The third kappa shape index (κ3) is 2.99. The number of carbonyl (C=O) groups is 1. The molecule has 4 nitrogen and oxygen atoms in total. The summed E-state index contributed by atoms with van der Waals surface area (Å²) in [5.74, 6) is 4.49. The van der Waals surface area contributed by atoms with E-state index in [9.17, 15) is 9.59 Å². The van der Waals surface area contributed by atoms with Crippen molar-refractivity contribution < 1.29 is 9.90 Å². The maximum absolute atomic E-state index is 11.3. The molecule has 0 aliphatic heterocycles. The third-order valence-corrected chi connectivity index (χ3v) is 1.88. The molecule has 0 unspecified atom stereocenters. The quantitative estimate of drug-likeness (QED) is 0.748. The zero-order valence-electron chi connectivity index (χ0n) is 8.36. The topological polar surface area (TPSA) is 59.3 Å². The average Bonchev–Trinajstić information content (AvgIpc) is 2.20. The maximum Gasteiger partial charge on any atom is 0.337 e. The molecule has 0 aliphatic carbocycles. The Morgan fingerprint density at radius 3 is 2.87 bits per heavy atom. The van der Waals surface area contributed by atoms with Crippen LogP contribution in [0.4, 0.5) is 0 Å². The molecule has 0 bridgehead atoms. The Balaban J connectivity index is 2.93. The van der Waals surface area contributed by atoms with Crippen LogP contribution in [0.5, 0.6) is 0 Å². The molecule has 0 spiro atoms. The second-order valence-corrected chi connectivity index (χ2v) is 2.93. The van der Waals surface area contributed by atoms with Crippen molar-refractivity contribution in [3.63, 3.8) is 0 Å². The fraction of sp³-hybridized carbons (Fsp3) is 0.273. The molecule has 0 atom stereocenters. The summed E-state index contributed by atoms with van der Waals surface area (Å²) in [6.07, 6.45) is 1.88. The van der Waals surface area contributed by atoms with Crippen molar-refractivity contribution in [2.75, 3.05) is 0 Å². The zero-order valence-corrected chi connectivity index (χ0v) is 8.36. The molecule has 4 heteroatoms. The highest BCUT2D eigenvalue weighted by Crippen LogP contribution is 1.96. The maximum atomic E-state index is 11.3. The van der Waals surface area contributed by atoms with Crippen LogP contribution in [0.15, 0.2) is 23.1 Å². The van der Waals surface area contributed by atoms with E-state index in [1.165, 1.54) is 22.9 Å². The number of pyridine rings is 1.